The number of ether oxygens (including phenoxy) is 1. The monoisotopic (exact) mass is 255 g/mol. The molecule has 5 nitrogen and oxygen atoms in total. The van der Waals surface area contributed by atoms with Gasteiger partial charge >= 0.3 is 12.1 Å². The summed E-state index contributed by atoms with van der Waals surface area (Å²) in [5, 5.41) is 9.14. The lowest BCUT2D eigenvalue weighted by molar-refractivity contribution is -0.143. The molecular weight excluding hydrogens is 234 g/mol. The summed E-state index contributed by atoms with van der Waals surface area (Å²) in [6, 6.07) is 0. The highest BCUT2D eigenvalue weighted by Crippen LogP contribution is 2.41. The lowest BCUT2D eigenvalue weighted by atomic mass is 9.95. The summed E-state index contributed by atoms with van der Waals surface area (Å²) in [7, 11) is 0. The van der Waals surface area contributed by atoms with Gasteiger partial charge in [-0.25, -0.2) is 4.79 Å². The molecule has 0 radical (unpaired) electrons. The van der Waals surface area contributed by atoms with Crippen LogP contribution in [0.2, 0.25) is 0 Å². The van der Waals surface area contributed by atoms with E-state index in [0.29, 0.717) is 25.4 Å². The molecule has 3 atom stereocenters. The fourth-order valence-corrected chi connectivity index (χ4v) is 3.04. The molecule has 2 aliphatic rings. The summed E-state index contributed by atoms with van der Waals surface area (Å²) in [4.78, 5) is 24.8. The van der Waals surface area contributed by atoms with Crippen LogP contribution >= 0.6 is 0 Å². The fraction of sp³-hybridized carbons (Fsp3) is 0.846. The van der Waals surface area contributed by atoms with Crippen molar-refractivity contribution in [2.24, 2.45) is 17.8 Å². The van der Waals surface area contributed by atoms with Crippen molar-refractivity contribution in [1.29, 1.82) is 0 Å². The van der Waals surface area contributed by atoms with E-state index in [9.17, 15) is 9.59 Å². The number of carboxylic acids is 1. The minimum atomic E-state index is -0.728. The van der Waals surface area contributed by atoms with E-state index in [2.05, 4.69) is 0 Å². The van der Waals surface area contributed by atoms with E-state index in [0.717, 1.165) is 6.42 Å². The Morgan fingerprint density at radius 1 is 1.22 bits per heavy atom. The largest absolute Gasteiger partial charge is 0.481 e. The molecule has 1 aliphatic carbocycles. The maximum absolute atomic E-state index is 12.0. The molecule has 2 bridgehead atoms. The summed E-state index contributed by atoms with van der Waals surface area (Å²) in [6.07, 6.45) is 1.30. The number of piperidine rings is 1. The zero-order chi connectivity index (χ0) is 13.5. The molecule has 102 valence electrons. The molecule has 1 heterocycles. The van der Waals surface area contributed by atoms with Gasteiger partial charge in [0.05, 0.1) is 5.92 Å². The van der Waals surface area contributed by atoms with Crippen LogP contribution in [0.4, 0.5) is 4.79 Å². The van der Waals surface area contributed by atoms with Crippen molar-refractivity contribution in [3.05, 3.63) is 0 Å². The molecule has 1 saturated heterocycles. The number of fused-ring (bicyclic) bond motifs is 2. The predicted molar refractivity (Wildman–Crippen MR) is 65.1 cm³/mol. The van der Waals surface area contributed by atoms with Crippen molar-refractivity contribution in [3.8, 4) is 0 Å². The van der Waals surface area contributed by atoms with Crippen LogP contribution in [0.5, 0.6) is 0 Å². The predicted octanol–water partition coefficient (Wildman–Crippen LogP) is 1.96. The molecule has 18 heavy (non-hydrogen) atoms. The lowest BCUT2D eigenvalue weighted by Gasteiger charge is -2.33. The van der Waals surface area contributed by atoms with Crippen molar-refractivity contribution in [1.82, 2.24) is 4.90 Å². The number of likely N-dealkylation sites (tertiary alicyclic amines) is 1. The maximum Gasteiger partial charge on any atom is 0.410 e. The highest BCUT2D eigenvalue weighted by atomic mass is 16.6. The summed E-state index contributed by atoms with van der Waals surface area (Å²) < 4.78 is 5.34. The minimum absolute atomic E-state index is 0.0915. The lowest BCUT2D eigenvalue weighted by Crippen LogP contribution is -2.44. The zero-order valence-corrected chi connectivity index (χ0v) is 11.2. The van der Waals surface area contributed by atoms with Gasteiger partial charge in [0.15, 0.2) is 0 Å². The Kier molecular flexibility index (Phi) is 3.25. The van der Waals surface area contributed by atoms with Crippen LogP contribution in [0.25, 0.3) is 0 Å². The van der Waals surface area contributed by atoms with E-state index in [4.69, 9.17) is 9.84 Å². The zero-order valence-electron chi connectivity index (χ0n) is 11.2. The molecule has 5 heteroatoms. The van der Waals surface area contributed by atoms with Crippen LogP contribution in [0.1, 0.15) is 33.6 Å². The molecule has 0 unspecified atom stereocenters. The molecule has 1 amide bonds. The Morgan fingerprint density at radius 2 is 1.89 bits per heavy atom. The molecule has 1 N–H and O–H groups in total. The third kappa shape index (κ3) is 2.76. The Labute approximate surface area is 107 Å². The summed E-state index contributed by atoms with van der Waals surface area (Å²) >= 11 is 0. The van der Waals surface area contributed by atoms with Gasteiger partial charge in [-0.05, 0) is 45.4 Å². The third-order valence-corrected chi connectivity index (χ3v) is 3.69. The van der Waals surface area contributed by atoms with Gasteiger partial charge in [0.1, 0.15) is 5.60 Å². The van der Waals surface area contributed by atoms with Crippen molar-refractivity contribution in [2.75, 3.05) is 13.1 Å². The average molecular weight is 255 g/mol. The fourth-order valence-electron chi connectivity index (χ4n) is 3.04. The van der Waals surface area contributed by atoms with Gasteiger partial charge in [0, 0.05) is 13.1 Å². The first kappa shape index (κ1) is 13.2. The molecule has 0 spiro atoms. The Hall–Kier alpha value is -1.26. The molecule has 2 rings (SSSR count). The van der Waals surface area contributed by atoms with Gasteiger partial charge in [-0.1, -0.05) is 0 Å². The van der Waals surface area contributed by atoms with Crippen molar-refractivity contribution in [3.63, 3.8) is 0 Å². The van der Waals surface area contributed by atoms with Crippen molar-refractivity contribution < 1.29 is 19.4 Å². The summed E-state index contributed by atoms with van der Waals surface area (Å²) in [6.45, 7) is 6.66. The van der Waals surface area contributed by atoms with Crippen LogP contribution in [-0.2, 0) is 9.53 Å². The van der Waals surface area contributed by atoms with E-state index < -0.39 is 11.6 Å². The van der Waals surface area contributed by atoms with E-state index in [1.54, 1.807) is 4.90 Å². The molecule has 1 saturated carbocycles. The molecule has 1 aliphatic heterocycles. The van der Waals surface area contributed by atoms with Gasteiger partial charge in [0.2, 0.25) is 0 Å². The van der Waals surface area contributed by atoms with Gasteiger partial charge in [-0.15, -0.1) is 0 Å². The number of hydrogen-bond acceptors (Lipinski definition) is 3. The number of rotatable bonds is 1. The van der Waals surface area contributed by atoms with Crippen LogP contribution in [-0.4, -0.2) is 40.8 Å². The van der Waals surface area contributed by atoms with Crippen LogP contribution in [0.15, 0.2) is 0 Å². The second-order valence-electron chi connectivity index (χ2n) is 6.43. The van der Waals surface area contributed by atoms with Crippen LogP contribution in [0.3, 0.4) is 0 Å². The number of carbonyl (C=O) groups excluding carboxylic acids is 1. The first-order chi connectivity index (χ1) is 8.26. The molecular formula is C13H21NO4. The first-order valence-corrected chi connectivity index (χ1v) is 6.47. The number of aliphatic carboxylic acids is 1. The average Bonchev–Trinajstić information content (AvgIpc) is 2.51. The van der Waals surface area contributed by atoms with Gasteiger partial charge in [-0.2, -0.15) is 0 Å². The number of carbonyl (C=O) groups is 2. The molecule has 0 aromatic heterocycles. The van der Waals surface area contributed by atoms with Crippen LogP contribution in [0, 0.1) is 17.8 Å². The second-order valence-corrected chi connectivity index (χ2v) is 6.43. The Morgan fingerprint density at radius 3 is 2.44 bits per heavy atom. The normalized spacial score (nSPS) is 31.3. The van der Waals surface area contributed by atoms with E-state index in [-0.39, 0.29) is 17.9 Å². The Balaban J connectivity index is 1.99. The highest BCUT2D eigenvalue weighted by molar-refractivity contribution is 5.72. The molecule has 2 fully saturated rings. The van der Waals surface area contributed by atoms with E-state index >= 15 is 0 Å². The van der Waals surface area contributed by atoms with Crippen molar-refractivity contribution in [2.45, 2.75) is 39.2 Å². The van der Waals surface area contributed by atoms with Gasteiger partial charge < -0.3 is 14.7 Å². The van der Waals surface area contributed by atoms with Crippen molar-refractivity contribution >= 4 is 12.1 Å². The highest BCUT2D eigenvalue weighted by Gasteiger charge is 2.45. The maximum atomic E-state index is 12.0. The second kappa shape index (κ2) is 4.44. The number of carboxylic acid groups (broad SMARTS) is 1. The minimum Gasteiger partial charge on any atom is -0.481 e. The first-order valence-electron chi connectivity index (χ1n) is 6.47. The van der Waals surface area contributed by atoms with Gasteiger partial charge in [0.25, 0.3) is 0 Å². The smallest absolute Gasteiger partial charge is 0.410 e. The van der Waals surface area contributed by atoms with E-state index in [1.165, 1.54) is 0 Å². The molecule has 0 aromatic rings. The van der Waals surface area contributed by atoms with E-state index in [1.807, 2.05) is 20.8 Å². The van der Waals surface area contributed by atoms with Crippen LogP contribution < -0.4 is 0 Å². The SMILES string of the molecule is CC(C)(C)OC(=O)N1C[C@H]2C[C@@H](C1)[C@@H](C(=O)O)C2. The third-order valence-electron chi connectivity index (χ3n) is 3.69. The quantitative estimate of drug-likeness (QED) is 0.777. The Bertz CT molecular complexity index is 360. The summed E-state index contributed by atoms with van der Waals surface area (Å²) in [5.74, 6) is -0.609. The number of amides is 1. The topological polar surface area (TPSA) is 66.8 Å². The number of nitrogens with zero attached hydrogens (tertiary/aromatic N) is 1. The summed E-state index contributed by atoms with van der Waals surface area (Å²) in [5.41, 5.74) is -0.500. The standard InChI is InChI=1S/C13H21NO4/c1-13(2,3)18-12(17)14-6-8-4-9(7-14)10(5-8)11(15)16/h8-10H,4-7H2,1-3H3,(H,15,16)/t8-,9-,10-/m0/s1. The number of hydrogen-bond donors (Lipinski definition) is 1. The molecule has 0 aromatic carbocycles. The van der Waals surface area contributed by atoms with Gasteiger partial charge in [-0.3, -0.25) is 4.79 Å².